The van der Waals surface area contributed by atoms with Gasteiger partial charge in [0, 0.05) is 0 Å². The van der Waals surface area contributed by atoms with Gasteiger partial charge < -0.3 is 10.3 Å². The highest BCUT2D eigenvalue weighted by atomic mass is 16.1. The molecule has 0 saturated heterocycles. The Morgan fingerprint density at radius 2 is 2.00 bits per heavy atom. The lowest BCUT2D eigenvalue weighted by molar-refractivity contribution is -0.123. The van der Waals surface area contributed by atoms with Gasteiger partial charge in [-0.15, -0.1) is 0 Å². The fourth-order valence-electron chi connectivity index (χ4n) is 2.88. The Morgan fingerprint density at radius 3 is 2.86 bits per heavy atom. The summed E-state index contributed by atoms with van der Waals surface area (Å²) in [7, 11) is 0. The molecule has 1 aliphatic carbocycles. The number of rotatable bonds is 3. The quantitative estimate of drug-likeness (QED) is 0.773. The maximum absolute atomic E-state index is 12.2. The minimum Gasteiger partial charge on any atom is -0.348 e. The van der Waals surface area contributed by atoms with E-state index < -0.39 is 0 Å². The number of nitrogens with one attached hydrogen (secondary N) is 2. The molecule has 1 amide bonds. The fraction of sp³-hybridized carbons (Fsp3) is 0.176. The number of imidazole rings is 1. The molecular weight excluding hydrogens is 262 g/mol. The van der Waals surface area contributed by atoms with Crippen molar-refractivity contribution >= 4 is 16.9 Å². The van der Waals surface area contributed by atoms with Crippen molar-refractivity contribution in [1.82, 2.24) is 15.3 Å². The van der Waals surface area contributed by atoms with Crippen molar-refractivity contribution in [1.29, 1.82) is 0 Å². The third-order valence-corrected chi connectivity index (χ3v) is 4.04. The molecule has 21 heavy (non-hydrogen) atoms. The molecule has 4 rings (SSSR count). The number of amides is 1. The lowest BCUT2D eigenvalue weighted by Crippen LogP contribution is -2.35. The van der Waals surface area contributed by atoms with Crippen molar-refractivity contribution < 1.29 is 4.79 Å². The number of fused-ring (bicyclic) bond motifs is 2. The molecule has 1 unspecified atom stereocenters. The number of nitrogens with zero attached hydrogens (tertiary/aromatic N) is 1. The number of benzene rings is 2. The van der Waals surface area contributed by atoms with E-state index in [1.807, 2.05) is 42.5 Å². The molecule has 1 aromatic heterocycles. The van der Waals surface area contributed by atoms with E-state index in [0.717, 1.165) is 28.8 Å². The van der Waals surface area contributed by atoms with Crippen LogP contribution in [0.25, 0.3) is 11.0 Å². The molecule has 0 bridgehead atoms. The number of carbonyl (C=O) groups is 1. The summed E-state index contributed by atoms with van der Waals surface area (Å²) >= 11 is 0. The highest BCUT2D eigenvalue weighted by Crippen LogP contribution is 2.34. The molecule has 2 N–H and O–H groups in total. The normalized spacial score (nSPS) is 16.3. The molecule has 0 fully saturated rings. The van der Waals surface area contributed by atoms with E-state index in [-0.39, 0.29) is 11.8 Å². The molecule has 4 nitrogen and oxygen atoms in total. The van der Waals surface area contributed by atoms with Gasteiger partial charge in [-0.2, -0.15) is 0 Å². The first-order valence-corrected chi connectivity index (χ1v) is 7.10. The third kappa shape index (κ3) is 2.09. The van der Waals surface area contributed by atoms with E-state index in [9.17, 15) is 4.79 Å². The lowest BCUT2D eigenvalue weighted by atomic mass is 9.77. The zero-order valence-electron chi connectivity index (χ0n) is 11.5. The van der Waals surface area contributed by atoms with Gasteiger partial charge in [-0.3, -0.25) is 4.79 Å². The van der Waals surface area contributed by atoms with Gasteiger partial charge in [-0.05, 0) is 29.7 Å². The smallest absolute Gasteiger partial charge is 0.228 e. The number of H-pyrrole nitrogens is 1. The Balaban J connectivity index is 1.44. The summed E-state index contributed by atoms with van der Waals surface area (Å²) < 4.78 is 0. The molecule has 104 valence electrons. The first kappa shape index (κ1) is 12.1. The van der Waals surface area contributed by atoms with Gasteiger partial charge in [-0.1, -0.05) is 36.4 Å². The molecule has 4 heteroatoms. The third-order valence-electron chi connectivity index (χ3n) is 4.04. The van der Waals surface area contributed by atoms with Crippen molar-refractivity contribution in [3.63, 3.8) is 0 Å². The van der Waals surface area contributed by atoms with Crippen LogP contribution in [0.1, 0.15) is 22.9 Å². The van der Waals surface area contributed by atoms with Crippen LogP contribution in [0.2, 0.25) is 0 Å². The molecule has 1 aliphatic rings. The van der Waals surface area contributed by atoms with Gasteiger partial charge in [-0.25, -0.2) is 4.98 Å². The van der Waals surface area contributed by atoms with Gasteiger partial charge in [0.15, 0.2) is 0 Å². The van der Waals surface area contributed by atoms with E-state index in [2.05, 4.69) is 21.4 Å². The molecule has 0 radical (unpaired) electrons. The second-order valence-electron chi connectivity index (χ2n) is 5.37. The molecular formula is C17H15N3O. The molecule has 0 saturated carbocycles. The van der Waals surface area contributed by atoms with Crippen LogP contribution in [0, 0.1) is 0 Å². The van der Waals surface area contributed by atoms with Crippen LogP contribution < -0.4 is 5.32 Å². The Labute approximate surface area is 122 Å². The molecule has 0 aliphatic heterocycles. The topological polar surface area (TPSA) is 57.8 Å². The van der Waals surface area contributed by atoms with Crippen LogP contribution in [0.3, 0.4) is 0 Å². The van der Waals surface area contributed by atoms with E-state index in [1.54, 1.807) is 0 Å². The van der Waals surface area contributed by atoms with Crippen LogP contribution in [-0.4, -0.2) is 15.9 Å². The van der Waals surface area contributed by atoms with E-state index >= 15 is 0 Å². The highest BCUT2D eigenvalue weighted by molar-refractivity contribution is 5.86. The minimum absolute atomic E-state index is 0.00872. The van der Waals surface area contributed by atoms with Crippen LogP contribution in [0.15, 0.2) is 48.5 Å². The number of aromatic amines is 1. The Bertz CT molecular complexity index is 789. The van der Waals surface area contributed by atoms with Crippen molar-refractivity contribution in [3.05, 3.63) is 65.5 Å². The van der Waals surface area contributed by atoms with Crippen LogP contribution in [0.5, 0.6) is 0 Å². The summed E-state index contributed by atoms with van der Waals surface area (Å²) in [5.74, 6) is 0.858. The second kappa shape index (κ2) is 4.74. The van der Waals surface area contributed by atoms with Gasteiger partial charge >= 0.3 is 0 Å². The van der Waals surface area contributed by atoms with Crippen LogP contribution in [-0.2, 0) is 17.8 Å². The second-order valence-corrected chi connectivity index (χ2v) is 5.37. The summed E-state index contributed by atoms with van der Waals surface area (Å²) in [6.07, 6.45) is 0.835. The van der Waals surface area contributed by atoms with E-state index in [1.165, 1.54) is 5.56 Å². The molecule has 1 atom stereocenters. The monoisotopic (exact) mass is 277 g/mol. The van der Waals surface area contributed by atoms with Crippen molar-refractivity contribution in [2.75, 3.05) is 0 Å². The zero-order chi connectivity index (χ0) is 14.2. The molecule has 3 aromatic rings. The lowest BCUT2D eigenvalue weighted by Gasteiger charge is -2.28. The standard InChI is InChI=1S/C17H15N3O/c21-17(13-9-11-5-1-2-6-12(11)13)18-10-16-19-14-7-3-4-8-15(14)20-16/h1-8,13H,9-10H2,(H,18,21)(H,19,20). The Morgan fingerprint density at radius 1 is 1.19 bits per heavy atom. The maximum atomic E-state index is 12.2. The SMILES string of the molecule is O=C(NCc1nc2ccccc2[nH]1)C1Cc2ccccc21. The van der Waals surface area contributed by atoms with Gasteiger partial charge in [0.05, 0.1) is 23.5 Å². The number of hydrogen-bond donors (Lipinski definition) is 2. The molecule has 1 heterocycles. The number of carbonyl (C=O) groups excluding carboxylic acids is 1. The first-order chi connectivity index (χ1) is 10.3. The zero-order valence-corrected chi connectivity index (χ0v) is 11.5. The Kier molecular flexibility index (Phi) is 2.74. The van der Waals surface area contributed by atoms with Crippen molar-refractivity contribution in [2.24, 2.45) is 0 Å². The fourth-order valence-corrected chi connectivity index (χ4v) is 2.88. The minimum atomic E-state index is -0.00872. The highest BCUT2D eigenvalue weighted by Gasteiger charge is 2.31. The van der Waals surface area contributed by atoms with Crippen LogP contribution >= 0.6 is 0 Å². The van der Waals surface area contributed by atoms with Crippen LogP contribution in [0.4, 0.5) is 0 Å². The summed E-state index contributed by atoms with van der Waals surface area (Å²) in [4.78, 5) is 19.9. The summed E-state index contributed by atoms with van der Waals surface area (Å²) in [6.45, 7) is 0.437. The largest absolute Gasteiger partial charge is 0.348 e. The average Bonchev–Trinajstić information content (AvgIpc) is 2.89. The average molecular weight is 277 g/mol. The number of para-hydroxylation sites is 2. The number of aromatic nitrogens is 2. The van der Waals surface area contributed by atoms with Gasteiger partial charge in [0.1, 0.15) is 5.82 Å². The van der Waals surface area contributed by atoms with E-state index in [0.29, 0.717) is 6.54 Å². The molecule has 2 aromatic carbocycles. The maximum Gasteiger partial charge on any atom is 0.228 e. The summed E-state index contributed by atoms with van der Waals surface area (Å²) in [5, 5.41) is 2.97. The van der Waals surface area contributed by atoms with Crippen molar-refractivity contribution in [2.45, 2.75) is 18.9 Å². The summed E-state index contributed by atoms with van der Waals surface area (Å²) in [6, 6.07) is 16.0. The number of hydrogen-bond acceptors (Lipinski definition) is 2. The van der Waals surface area contributed by atoms with Gasteiger partial charge in [0.25, 0.3) is 0 Å². The predicted octanol–water partition coefficient (Wildman–Crippen LogP) is 2.52. The van der Waals surface area contributed by atoms with Crippen molar-refractivity contribution in [3.8, 4) is 0 Å². The van der Waals surface area contributed by atoms with E-state index in [4.69, 9.17) is 0 Å². The first-order valence-electron chi connectivity index (χ1n) is 7.10. The predicted molar refractivity (Wildman–Crippen MR) is 80.8 cm³/mol. The summed E-state index contributed by atoms with van der Waals surface area (Å²) in [5.41, 5.74) is 4.35. The molecule has 0 spiro atoms. The Hall–Kier alpha value is -2.62. The van der Waals surface area contributed by atoms with Gasteiger partial charge in [0.2, 0.25) is 5.91 Å².